The van der Waals surface area contributed by atoms with Crippen molar-refractivity contribution in [3.05, 3.63) is 100 Å². The number of aryl methyl sites for hydroxylation is 1. The summed E-state index contributed by atoms with van der Waals surface area (Å²) in [6.07, 6.45) is -2.84. The van der Waals surface area contributed by atoms with Crippen LogP contribution in [0.3, 0.4) is 0 Å². The number of aromatic amines is 1. The number of amides is 2. The fourth-order valence-corrected chi connectivity index (χ4v) is 5.76. The van der Waals surface area contributed by atoms with E-state index in [1.54, 1.807) is 30.3 Å². The average molecular weight is 630 g/mol. The van der Waals surface area contributed by atoms with Crippen LogP contribution in [0.2, 0.25) is 0 Å². The molecule has 2 aliphatic heterocycles. The van der Waals surface area contributed by atoms with Gasteiger partial charge in [0, 0.05) is 60.9 Å². The first kappa shape index (κ1) is 31.1. The van der Waals surface area contributed by atoms with Crippen LogP contribution >= 0.6 is 0 Å². The van der Waals surface area contributed by atoms with Gasteiger partial charge in [0.25, 0.3) is 11.8 Å². The number of rotatable bonds is 8. The average Bonchev–Trinajstić information content (AvgIpc) is 3.58. The van der Waals surface area contributed by atoms with Gasteiger partial charge in [0.2, 0.25) is 0 Å². The summed E-state index contributed by atoms with van der Waals surface area (Å²) in [6.45, 7) is 8.06. The Morgan fingerprint density at radius 3 is 2.41 bits per heavy atom. The Hall–Kier alpha value is -4.94. The zero-order valence-electron chi connectivity index (χ0n) is 25.5. The molecule has 238 valence electrons. The third-order valence-electron chi connectivity index (χ3n) is 8.22. The van der Waals surface area contributed by atoms with Gasteiger partial charge in [-0.2, -0.15) is 18.3 Å². The summed E-state index contributed by atoms with van der Waals surface area (Å²) >= 11 is 0. The van der Waals surface area contributed by atoms with Crippen molar-refractivity contribution in [2.75, 3.05) is 48.7 Å². The summed E-state index contributed by atoms with van der Waals surface area (Å²) in [7, 11) is 0. The Morgan fingerprint density at radius 2 is 1.70 bits per heavy atom. The maximum absolute atomic E-state index is 14.1. The monoisotopic (exact) mass is 629 g/mol. The number of H-pyrrole nitrogens is 1. The zero-order valence-corrected chi connectivity index (χ0v) is 25.5. The molecule has 4 N–H and O–H groups in total. The quantitative estimate of drug-likeness (QED) is 0.169. The van der Waals surface area contributed by atoms with Crippen LogP contribution in [0.4, 0.5) is 35.9 Å². The lowest BCUT2D eigenvalue weighted by molar-refractivity contribution is -0.138. The smallest absolute Gasteiger partial charge is 0.355 e. The highest BCUT2D eigenvalue weighted by Gasteiger charge is 2.35. The molecule has 6 rings (SSSR count). The van der Waals surface area contributed by atoms with Crippen LogP contribution < -0.4 is 16.0 Å². The number of likely N-dealkylation sites (N-methyl/N-ethyl adjacent to an activating group) is 1. The van der Waals surface area contributed by atoms with Crippen LogP contribution in [-0.4, -0.2) is 64.5 Å². The Kier molecular flexibility index (Phi) is 8.65. The highest BCUT2D eigenvalue weighted by atomic mass is 19.4. The molecule has 1 saturated heterocycles. The van der Waals surface area contributed by atoms with Crippen molar-refractivity contribution in [2.24, 2.45) is 0 Å². The summed E-state index contributed by atoms with van der Waals surface area (Å²) in [5.41, 5.74) is 4.50. The number of hydrogen-bond donors (Lipinski definition) is 4. The second-order valence-corrected chi connectivity index (χ2v) is 11.5. The minimum atomic E-state index is -4.59. The lowest BCUT2D eigenvalue weighted by atomic mass is 10.0. The van der Waals surface area contributed by atoms with Gasteiger partial charge in [-0.25, -0.2) is 0 Å². The Labute approximate surface area is 264 Å². The maximum Gasteiger partial charge on any atom is 0.416 e. The van der Waals surface area contributed by atoms with E-state index >= 15 is 0 Å². The molecule has 0 atom stereocenters. The number of nitrogens with zero attached hydrogens (tertiary/aromatic N) is 3. The van der Waals surface area contributed by atoms with Crippen LogP contribution in [0.1, 0.15) is 45.4 Å². The molecule has 9 nitrogen and oxygen atoms in total. The molecule has 3 heterocycles. The highest BCUT2D eigenvalue weighted by Crippen LogP contribution is 2.36. The van der Waals surface area contributed by atoms with Gasteiger partial charge >= 0.3 is 6.18 Å². The molecule has 0 radical (unpaired) electrons. The number of benzene rings is 3. The minimum absolute atomic E-state index is 0.0752. The number of anilines is 4. The number of fused-ring (bicyclic) bond motifs is 1. The molecule has 0 spiro atoms. The van der Waals surface area contributed by atoms with E-state index in [2.05, 4.69) is 38.0 Å². The number of nitrogens with one attached hydrogen (secondary N) is 4. The lowest BCUT2D eigenvalue weighted by Crippen LogP contribution is -2.45. The summed E-state index contributed by atoms with van der Waals surface area (Å²) in [5, 5.41) is 15.8. The molecular weight excluding hydrogens is 595 g/mol. The summed E-state index contributed by atoms with van der Waals surface area (Å²) in [6, 6.07) is 18.0. The highest BCUT2D eigenvalue weighted by molar-refractivity contribution is 6.35. The van der Waals surface area contributed by atoms with E-state index < -0.39 is 17.6 Å². The van der Waals surface area contributed by atoms with E-state index in [9.17, 15) is 22.8 Å². The number of hydrogen-bond acceptors (Lipinski definition) is 6. The number of halogens is 3. The molecule has 46 heavy (non-hydrogen) atoms. The van der Waals surface area contributed by atoms with E-state index in [0.717, 1.165) is 42.7 Å². The fourth-order valence-electron chi connectivity index (χ4n) is 5.76. The van der Waals surface area contributed by atoms with Crippen molar-refractivity contribution in [3.8, 4) is 0 Å². The van der Waals surface area contributed by atoms with Crippen LogP contribution in [0.5, 0.6) is 0 Å². The summed E-state index contributed by atoms with van der Waals surface area (Å²) in [4.78, 5) is 30.0. The standard InChI is InChI=1S/C34H34F3N7O2/c1-3-43-11-13-44(14-12-43)20-23-8-7-22(16-30(23)34(35,36)37)32(45)39-25-6-4-5-24(17-25)38-26-9-10-28-29(33(46)40-31(28)19-26)18-27-15-21(2)41-42-27/h4-10,15-19,38H,3,11-14,20H2,1-2H3,(H,39,45)(H,40,46)(H,41,42). The van der Waals surface area contributed by atoms with E-state index in [1.165, 1.54) is 12.1 Å². The number of piperazine rings is 1. The third kappa shape index (κ3) is 6.98. The molecule has 0 bridgehead atoms. The van der Waals surface area contributed by atoms with Gasteiger partial charge in [0.15, 0.2) is 0 Å². The SMILES string of the molecule is CCN1CCN(Cc2ccc(C(=O)Nc3cccc(Nc4ccc5c(c4)NC(=O)C5=Cc4cc(C)n[nH]4)c3)cc2C(F)(F)F)CC1. The summed E-state index contributed by atoms with van der Waals surface area (Å²) < 4.78 is 42.2. The molecule has 0 aliphatic carbocycles. The zero-order chi connectivity index (χ0) is 32.4. The molecule has 0 unspecified atom stereocenters. The van der Waals surface area contributed by atoms with Crippen LogP contribution in [-0.2, 0) is 17.5 Å². The second kappa shape index (κ2) is 12.8. The van der Waals surface area contributed by atoms with Gasteiger partial charge < -0.3 is 20.9 Å². The molecule has 0 saturated carbocycles. The molecular formula is C34H34F3N7O2. The molecule has 4 aromatic rings. The summed E-state index contributed by atoms with van der Waals surface area (Å²) in [5.74, 6) is -0.863. The number of aromatic nitrogens is 2. The van der Waals surface area contributed by atoms with Gasteiger partial charge in [0.05, 0.1) is 28.2 Å². The first-order chi connectivity index (χ1) is 22.1. The number of alkyl halides is 3. The molecule has 1 fully saturated rings. The van der Waals surface area contributed by atoms with Gasteiger partial charge in [-0.1, -0.05) is 25.1 Å². The maximum atomic E-state index is 14.1. The van der Waals surface area contributed by atoms with Gasteiger partial charge in [-0.3, -0.25) is 19.6 Å². The molecule has 2 aliphatic rings. The van der Waals surface area contributed by atoms with E-state index in [0.29, 0.717) is 41.4 Å². The van der Waals surface area contributed by atoms with E-state index in [-0.39, 0.29) is 23.6 Å². The van der Waals surface area contributed by atoms with Crippen molar-refractivity contribution in [1.82, 2.24) is 20.0 Å². The van der Waals surface area contributed by atoms with Crippen LogP contribution in [0.25, 0.3) is 11.6 Å². The fraction of sp³-hybridized carbons (Fsp3) is 0.265. The molecule has 2 amide bonds. The topological polar surface area (TPSA) is 105 Å². The van der Waals surface area contributed by atoms with Crippen LogP contribution in [0.15, 0.2) is 66.7 Å². The second-order valence-electron chi connectivity index (χ2n) is 11.5. The van der Waals surface area contributed by atoms with Crippen molar-refractivity contribution < 1.29 is 22.8 Å². The predicted octanol–water partition coefficient (Wildman–Crippen LogP) is 6.36. The Balaban J connectivity index is 1.14. The van der Waals surface area contributed by atoms with Crippen molar-refractivity contribution in [1.29, 1.82) is 0 Å². The van der Waals surface area contributed by atoms with Crippen molar-refractivity contribution >= 4 is 46.2 Å². The lowest BCUT2D eigenvalue weighted by Gasteiger charge is -2.34. The van der Waals surface area contributed by atoms with Gasteiger partial charge in [-0.15, -0.1) is 0 Å². The molecule has 3 aromatic carbocycles. The first-order valence-corrected chi connectivity index (χ1v) is 15.1. The first-order valence-electron chi connectivity index (χ1n) is 15.1. The largest absolute Gasteiger partial charge is 0.416 e. The molecule has 12 heteroatoms. The van der Waals surface area contributed by atoms with E-state index in [1.807, 2.05) is 36.1 Å². The van der Waals surface area contributed by atoms with Crippen LogP contribution in [0, 0.1) is 6.92 Å². The van der Waals surface area contributed by atoms with Crippen molar-refractivity contribution in [3.63, 3.8) is 0 Å². The predicted molar refractivity (Wildman–Crippen MR) is 173 cm³/mol. The van der Waals surface area contributed by atoms with Gasteiger partial charge in [0.1, 0.15) is 0 Å². The number of carbonyl (C=O) groups is 2. The Morgan fingerprint density at radius 1 is 0.957 bits per heavy atom. The third-order valence-corrected chi connectivity index (χ3v) is 8.22. The van der Waals surface area contributed by atoms with E-state index in [4.69, 9.17) is 0 Å². The van der Waals surface area contributed by atoms with Crippen molar-refractivity contribution in [2.45, 2.75) is 26.6 Å². The Bertz CT molecular complexity index is 1810. The molecule has 1 aromatic heterocycles. The number of carbonyl (C=O) groups excluding carboxylic acids is 2. The normalized spacial score (nSPS) is 16.4. The minimum Gasteiger partial charge on any atom is -0.355 e. The van der Waals surface area contributed by atoms with Gasteiger partial charge in [-0.05, 0) is 73.6 Å².